The predicted molar refractivity (Wildman–Crippen MR) is 57.4 cm³/mol. The van der Waals surface area contributed by atoms with Crippen LogP contribution in [0.5, 0.6) is 0 Å². The average molecular weight is 213 g/mol. The van der Waals surface area contributed by atoms with Gasteiger partial charge in [-0.2, -0.15) is 5.10 Å². The van der Waals surface area contributed by atoms with Gasteiger partial charge in [-0.1, -0.05) is 25.4 Å². The number of halogens is 1. The normalized spacial score (nSPS) is 9.79. The van der Waals surface area contributed by atoms with Gasteiger partial charge >= 0.3 is 0 Å². The van der Waals surface area contributed by atoms with E-state index in [0.717, 1.165) is 16.7 Å². The summed E-state index contributed by atoms with van der Waals surface area (Å²) in [7, 11) is 1.83. The molecule has 0 fully saturated rings. The first kappa shape index (κ1) is 10.9. The van der Waals surface area contributed by atoms with Crippen molar-refractivity contribution in [3.05, 3.63) is 17.2 Å². The van der Waals surface area contributed by atoms with Crippen LogP contribution in [-0.4, -0.2) is 19.7 Å². The van der Waals surface area contributed by atoms with Crippen molar-refractivity contribution in [1.29, 1.82) is 0 Å². The zero-order chi connectivity index (χ0) is 10.7. The quantitative estimate of drug-likeness (QED) is 0.630. The van der Waals surface area contributed by atoms with Gasteiger partial charge in [-0.15, -0.1) is 0 Å². The smallest absolute Gasteiger partial charge is 0.162 e. The van der Waals surface area contributed by atoms with Gasteiger partial charge < -0.3 is 0 Å². The van der Waals surface area contributed by atoms with Crippen molar-refractivity contribution in [2.75, 3.05) is 0 Å². The molecule has 0 atom stereocenters. The van der Waals surface area contributed by atoms with Gasteiger partial charge in [0.1, 0.15) is 11.5 Å². The molecule has 4 nitrogen and oxygen atoms in total. The maximum atomic E-state index is 5.87. The Morgan fingerprint density at radius 3 is 2.50 bits per heavy atom. The van der Waals surface area contributed by atoms with Gasteiger partial charge in [0, 0.05) is 7.05 Å². The van der Waals surface area contributed by atoms with Crippen molar-refractivity contribution in [1.82, 2.24) is 19.7 Å². The molecule has 2 aromatic heterocycles. The standard InChI is InChI=1S/C7H7ClN4.C2H6/c1-4-5-6(8)9-3-10-7(5)12(2)11-4;1-2/h3H,1-2H3;1-2H3. The highest BCUT2D eigenvalue weighted by molar-refractivity contribution is 6.34. The summed E-state index contributed by atoms with van der Waals surface area (Å²) in [6.45, 7) is 5.89. The van der Waals surface area contributed by atoms with E-state index < -0.39 is 0 Å². The Morgan fingerprint density at radius 2 is 1.93 bits per heavy atom. The van der Waals surface area contributed by atoms with Crippen LogP contribution >= 0.6 is 11.6 Å². The Bertz CT molecular complexity index is 436. The fourth-order valence-corrected chi connectivity index (χ4v) is 1.50. The third-order valence-electron chi connectivity index (χ3n) is 1.75. The largest absolute Gasteiger partial charge is 0.250 e. The van der Waals surface area contributed by atoms with Gasteiger partial charge in [0.05, 0.1) is 11.1 Å². The fourth-order valence-electron chi connectivity index (χ4n) is 1.23. The summed E-state index contributed by atoms with van der Waals surface area (Å²) in [5.41, 5.74) is 1.63. The Hall–Kier alpha value is -1.16. The maximum absolute atomic E-state index is 5.87. The molecule has 2 heterocycles. The van der Waals surface area contributed by atoms with Crippen LogP contribution in [0.3, 0.4) is 0 Å². The van der Waals surface area contributed by atoms with Crippen LogP contribution in [0.1, 0.15) is 19.5 Å². The Morgan fingerprint density at radius 1 is 1.29 bits per heavy atom. The van der Waals surface area contributed by atoms with Crippen molar-refractivity contribution < 1.29 is 0 Å². The minimum atomic E-state index is 0.464. The van der Waals surface area contributed by atoms with E-state index in [-0.39, 0.29) is 0 Å². The highest BCUT2D eigenvalue weighted by Crippen LogP contribution is 2.21. The van der Waals surface area contributed by atoms with Crippen LogP contribution < -0.4 is 0 Å². The van der Waals surface area contributed by atoms with Gasteiger partial charge in [0.15, 0.2) is 5.65 Å². The summed E-state index contributed by atoms with van der Waals surface area (Å²) >= 11 is 5.87. The number of aryl methyl sites for hydroxylation is 2. The number of aromatic nitrogens is 4. The van der Waals surface area contributed by atoms with Crippen LogP contribution in [-0.2, 0) is 7.05 Å². The molecule has 0 radical (unpaired) electrons. The second-order valence-electron chi connectivity index (χ2n) is 2.57. The first-order valence-electron chi connectivity index (χ1n) is 4.50. The maximum Gasteiger partial charge on any atom is 0.162 e. The van der Waals surface area contributed by atoms with Crippen molar-refractivity contribution in [3.63, 3.8) is 0 Å². The first-order valence-corrected chi connectivity index (χ1v) is 4.87. The number of rotatable bonds is 0. The Kier molecular flexibility index (Phi) is 3.41. The number of hydrogen-bond donors (Lipinski definition) is 0. The highest BCUT2D eigenvalue weighted by atomic mass is 35.5. The van der Waals surface area contributed by atoms with E-state index in [4.69, 9.17) is 11.6 Å². The number of hydrogen-bond acceptors (Lipinski definition) is 3. The van der Waals surface area contributed by atoms with E-state index in [0.29, 0.717) is 5.15 Å². The molecular formula is C9H13ClN4. The molecule has 0 aliphatic heterocycles. The first-order chi connectivity index (χ1) is 6.70. The molecule has 0 amide bonds. The van der Waals surface area contributed by atoms with Crippen molar-refractivity contribution in [2.24, 2.45) is 7.05 Å². The topological polar surface area (TPSA) is 43.6 Å². The van der Waals surface area contributed by atoms with Gasteiger partial charge in [-0.25, -0.2) is 9.97 Å². The monoisotopic (exact) mass is 212 g/mol. The summed E-state index contributed by atoms with van der Waals surface area (Å²) in [5, 5.41) is 5.48. The van der Waals surface area contributed by atoms with E-state index in [9.17, 15) is 0 Å². The van der Waals surface area contributed by atoms with Crippen molar-refractivity contribution in [2.45, 2.75) is 20.8 Å². The molecular weight excluding hydrogens is 200 g/mol. The van der Waals surface area contributed by atoms with Gasteiger partial charge in [-0.3, -0.25) is 4.68 Å². The van der Waals surface area contributed by atoms with E-state index in [1.807, 2.05) is 27.8 Å². The molecule has 0 unspecified atom stereocenters. The SMILES string of the molecule is CC.Cc1nn(C)c2ncnc(Cl)c12. The molecule has 14 heavy (non-hydrogen) atoms. The van der Waals surface area contributed by atoms with Crippen LogP contribution in [0.2, 0.25) is 5.15 Å². The predicted octanol–water partition coefficient (Wildman–Crippen LogP) is 2.35. The third-order valence-corrected chi connectivity index (χ3v) is 2.04. The lowest BCUT2D eigenvalue weighted by molar-refractivity contribution is 0.773. The van der Waals surface area contributed by atoms with Crippen LogP contribution in [0.4, 0.5) is 0 Å². The summed E-state index contributed by atoms with van der Waals surface area (Å²) in [6.07, 6.45) is 1.44. The van der Waals surface area contributed by atoms with Gasteiger partial charge in [0.25, 0.3) is 0 Å². The molecule has 5 heteroatoms. The Balaban J connectivity index is 0.000000461. The Labute approximate surface area is 87.9 Å². The number of fused-ring (bicyclic) bond motifs is 1. The average Bonchev–Trinajstić information content (AvgIpc) is 2.47. The van der Waals surface area contributed by atoms with Gasteiger partial charge in [-0.05, 0) is 6.92 Å². The van der Waals surface area contributed by atoms with Crippen molar-refractivity contribution >= 4 is 22.6 Å². The van der Waals surface area contributed by atoms with E-state index in [2.05, 4.69) is 15.1 Å². The molecule has 0 spiro atoms. The molecule has 0 saturated carbocycles. The lowest BCUT2D eigenvalue weighted by atomic mass is 10.3. The lowest BCUT2D eigenvalue weighted by Gasteiger charge is -1.92. The molecule has 76 valence electrons. The minimum absolute atomic E-state index is 0.464. The summed E-state index contributed by atoms with van der Waals surface area (Å²) < 4.78 is 1.69. The highest BCUT2D eigenvalue weighted by Gasteiger charge is 2.09. The second kappa shape index (κ2) is 4.37. The lowest BCUT2D eigenvalue weighted by Crippen LogP contribution is -1.91. The zero-order valence-electron chi connectivity index (χ0n) is 8.74. The van der Waals surface area contributed by atoms with E-state index in [1.165, 1.54) is 6.33 Å². The molecule has 2 rings (SSSR count). The minimum Gasteiger partial charge on any atom is -0.250 e. The van der Waals surface area contributed by atoms with E-state index >= 15 is 0 Å². The van der Waals surface area contributed by atoms with Gasteiger partial charge in [0.2, 0.25) is 0 Å². The molecule has 0 saturated heterocycles. The van der Waals surface area contributed by atoms with Crippen LogP contribution in [0.25, 0.3) is 11.0 Å². The van der Waals surface area contributed by atoms with Crippen LogP contribution in [0, 0.1) is 6.92 Å². The fraction of sp³-hybridized carbons (Fsp3) is 0.444. The number of nitrogens with zero attached hydrogens (tertiary/aromatic N) is 4. The summed E-state index contributed by atoms with van der Waals surface area (Å²) in [4.78, 5) is 7.95. The zero-order valence-corrected chi connectivity index (χ0v) is 9.50. The third kappa shape index (κ3) is 1.70. The summed E-state index contributed by atoms with van der Waals surface area (Å²) in [5.74, 6) is 0. The molecule has 0 aromatic carbocycles. The molecule has 0 bridgehead atoms. The van der Waals surface area contributed by atoms with E-state index in [1.54, 1.807) is 4.68 Å². The molecule has 0 aliphatic rings. The molecule has 0 aliphatic carbocycles. The second-order valence-corrected chi connectivity index (χ2v) is 2.93. The van der Waals surface area contributed by atoms with Crippen LogP contribution in [0.15, 0.2) is 6.33 Å². The van der Waals surface area contributed by atoms with Crippen molar-refractivity contribution in [3.8, 4) is 0 Å². The summed E-state index contributed by atoms with van der Waals surface area (Å²) in [6, 6.07) is 0. The molecule has 0 N–H and O–H groups in total. The molecule has 2 aromatic rings.